The number of phenols is 1. The van der Waals surface area contributed by atoms with Crippen LogP contribution in [0.25, 0.3) is 0 Å². The number of amides is 1. The second kappa shape index (κ2) is 5.83. The molecule has 0 fully saturated rings. The molecule has 0 radical (unpaired) electrons. The lowest BCUT2D eigenvalue weighted by atomic mass is 10.3. The number of nitrogens with zero attached hydrogens (tertiary/aromatic N) is 1. The van der Waals surface area contributed by atoms with Crippen molar-refractivity contribution in [2.45, 2.75) is 11.3 Å². The van der Waals surface area contributed by atoms with Gasteiger partial charge in [-0.25, -0.2) is 13.1 Å². The molecule has 0 aromatic heterocycles. The van der Waals surface area contributed by atoms with Gasteiger partial charge in [0, 0.05) is 27.1 Å². The average Bonchev–Trinajstić information content (AvgIpc) is 2.28. The molecule has 18 heavy (non-hydrogen) atoms. The summed E-state index contributed by atoms with van der Waals surface area (Å²) in [6.07, 6.45) is 0.0693. The highest BCUT2D eigenvalue weighted by atomic mass is 32.2. The van der Waals surface area contributed by atoms with Gasteiger partial charge in [-0.3, -0.25) is 4.79 Å². The van der Waals surface area contributed by atoms with Gasteiger partial charge in [0.15, 0.2) is 0 Å². The fourth-order valence-electron chi connectivity index (χ4n) is 1.28. The molecule has 0 saturated carbocycles. The Bertz CT molecular complexity index is 526. The van der Waals surface area contributed by atoms with E-state index in [-0.39, 0.29) is 29.5 Å². The molecule has 1 aromatic rings. The lowest BCUT2D eigenvalue weighted by Gasteiger charge is -2.11. The zero-order valence-corrected chi connectivity index (χ0v) is 11.1. The summed E-state index contributed by atoms with van der Waals surface area (Å²) in [7, 11) is -0.589. The zero-order chi connectivity index (χ0) is 13.8. The summed E-state index contributed by atoms with van der Waals surface area (Å²) in [5.41, 5.74) is 0. The first-order valence-electron chi connectivity index (χ1n) is 5.32. The van der Waals surface area contributed by atoms with Crippen LogP contribution in [0, 0.1) is 0 Å². The maximum absolute atomic E-state index is 11.8. The predicted octanol–water partition coefficient (Wildman–Crippen LogP) is 0.149. The van der Waals surface area contributed by atoms with Gasteiger partial charge < -0.3 is 10.0 Å². The van der Waals surface area contributed by atoms with Gasteiger partial charge in [-0.1, -0.05) is 12.1 Å². The molecule has 6 nitrogen and oxygen atoms in total. The summed E-state index contributed by atoms with van der Waals surface area (Å²) in [6, 6.07) is 5.63. The SMILES string of the molecule is CN(C)C(=O)CCNS(=O)(=O)c1ccccc1O. The Morgan fingerprint density at radius 2 is 1.94 bits per heavy atom. The molecule has 100 valence electrons. The average molecular weight is 272 g/mol. The summed E-state index contributed by atoms with van der Waals surface area (Å²) in [6.45, 7) is -0.00627. The second-order valence-corrected chi connectivity index (χ2v) is 5.64. The van der Waals surface area contributed by atoms with E-state index in [9.17, 15) is 18.3 Å². The summed E-state index contributed by atoms with van der Waals surface area (Å²) in [5.74, 6) is -0.487. The Hall–Kier alpha value is -1.60. The van der Waals surface area contributed by atoms with E-state index < -0.39 is 10.0 Å². The standard InChI is InChI=1S/C11H16N2O4S/c1-13(2)11(15)7-8-12-18(16,17)10-6-4-3-5-9(10)14/h3-6,12,14H,7-8H2,1-2H3. The van der Waals surface area contributed by atoms with Gasteiger partial charge >= 0.3 is 0 Å². The van der Waals surface area contributed by atoms with Crippen molar-refractivity contribution in [3.8, 4) is 5.75 Å². The number of para-hydroxylation sites is 1. The largest absolute Gasteiger partial charge is 0.507 e. The lowest BCUT2D eigenvalue weighted by Crippen LogP contribution is -2.30. The summed E-state index contributed by atoms with van der Waals surface area (Å²) >= 11 is 0. The van der Waals surface area contributed by atoms with Gasteiger partial charge in [0.1, 0.15) is 10.6 Å². The van der Waals surface area contributed by atoms with Crippen molar-refractivity contribution < 1.29 is 18.3 Å². The fourth-order valence-corrected chi connectivity index (χ4v) is 2.41. The van der Waals surface area contributed by atoms with E-state index in [0.29, 0.717) is 0 Å². The van der Waals surface area contributed by atoms with Crippen LogP contribution in [0.15, 0.2) is 29.2 Å². The smallest absolute Gasteiger partial charge is 0.244 e. The van der Waals surface area contributed by atoms with Crippen LogP contribution in [0.1, 0.15) is 6.42 Å². The van der Waals surface area contributed by atoms with Gasteiger partial charge in [0.2, 0.25) is 15.9 Å². The van der Waals surface area contributed by atoms with Crippen molar-refractivity contribution >= 4 is 15.9 Å². The molecule has 1 aromatic carbocycles. The Morgan fingerprint density at radius 1 is 1.33 bits per heavy atom. The zero-order valence-electron chi connectivity index (χ0n) is 10.3. The molecule has 2 N–H and O–H groups in total. The molecule has 0 bridgehead atoms. The number of hydrogen-bond acceptors (Lipinski definition) is 4. The van der Waals surface area contributed by atoms with Crippen molar-refractivity contribution in [2.24, 2.45) is 0 Å². The molecule has 0 aliphatic carbocycles. The van der Waals surface area contributed by atoms with Crippen LogP contribution in [0.5, 0.6) is 5.75 Å². The monoisotopic (exact) mass is 272 g/mol. The molecule has 0 saturated heterocycles. The first-order chi connectivity index (χ1) is 8.34. The van der Waals surface area contributed by atoms with Crippen LogP contribution in [0.4, 0.5) is 0 Å². The van der Waals surface area contributed by atoms with Gasteiger partial charge in [0.25, 0.3) is 0 Å². The van der Waals surface area contributed by atoms with Crippen molar-refractivity contribution in [1.29, 1.82) is 0 Å². The minimum absolute atomic E-state index is 0.00627. The van der Waals surface area contributed by atoms with E-state index in [2.05, 4.69) is 4.72 Å². The third-order valence-electron chi connectivity index (χ3n) is 2.28. The van der Waals surface area contributed by atoms with Crippen molar-refractivity contribution in [3.63, 3.8) is 0 Å². The van der Waals surface area contributed by atoms with Gasteiger partial charge in [-0.05, 0) is 12.1 Å². The summed E-state index contributed by atoms with van der Waals surface area (Å²) in [4.78, 5) is 12.5. The third-order valence-corrected chi connectivity index (χ3v) is 3.79. The Labute approximate surface area is 106 Å². The third kappa shape index (κ3) is 3.71. The summed E-state index contributed by atoms with van der Waals surface area (Å²) in [5, 5.41) is 9.45. The van der Waals surface area contributed by atoms with E-state index in [0.717, 1.165) is 0 Å². The van der Waals surface area contributed by atoms with Crippen LogP contribution in [0.2, 0.25) is 0 Å². The topological polar surface area (TPSA) is 86.7 Å². The predicted molar refractivity (Wildman–Crippen MR) is 66.6 cm³/mol. The maximum Gasteiger partial charge on any atom is 0.244 e. The Morgan fingerprint density at radius 3 is 2.50 bits per heavy atom. The van der Waals surface area contributed by atoms with Crippen LogP contribution < -0.4 is 4.72 Å². The number of hydrogen-bond donors (Lipinski definition) is 2. The lowest BCUT2D eigenvalue weighted by molar-refractivity contribution is -0.128. The summed E-state index contributed by atoms with van der Waals surface area (Å²) < 4.78 is 25.9. The number of carbonyl (C=O) groups excluding carboxylic acids is 1. The Kier molecular flexibility index (Phi) is 4.69. The van der Waals surface area contributed by atoms with Gasteiger partial charge in [-0.2, -0.15) is 0 Å². The number of carbonyl (C=O) groups is 1. The second-order valence-electron chi connectivity index (χ2n) is 3.90. The van der Waals surface area contributed by atoms with Crippen LogP contribution in [0.3, 0.4) is 0 Å². The quantitative estimate of drug-likeness (QED) is 0.798. The van der Waals surface area contributed by atoms with E-state index in [1.807, 2.05) is 0 Å². The molecule has 1 rings (SSSR count). The normalized spacial score (nSPS) is 11.2. The number of aromatic hydroxyl groups is 1. The molecule has 1 amide bonds. The van der Waals surface area contributed by atoms with Crippen molar-refractivity contribution in [2.75, 3.05) is 20.6 Å². The molecule has 0 spiro atoms. The van der Waals surface area contributed by atoms with E-state index in [1.165, 1.54) is 29.2 Å². The number of sulfonamides is 1. The number of nitrogens with one attached hydrogen (secondary N) is 1. The fraction of sp³-hybridized carbons (Fsp3) is 0.364. The van der Waals surface area contributed by atoms with Crippen LogP contribution >= 0.6 is 0 Å². The molecule has 0 unspecified atom stereocenters. The van der Waals surface area contributed by atoms with Crippen molar-refractivity contribution in [3.05, 3.63) is 24.3 Å². The first kappa shape index (κ1) is 14.5. The molecule has 0 aliphatic rings. The minimum Gasteiger partial charge on any atom is -0.507 e. The van der Waals surface area contributed by atoms with Crippen LogP contribution in [-0.4, -0.2) is 45.0 Å². The highest BCUT2D eigenvalue weighted by Gasteiger charge is 2.17. The molecule has 7 heteroatoms. The first-order valence-corrected chi connectivity index (χ1v) is 6.80. The van der Waals surface area contributed by atoms with E-state index in [1.54, 1.807) is 14.1 Å². The van der Waals surface area contributed by atoms with Gasteiger partial charge in [-0.15, -0.1) is 0 Å². The molecule has 0 atom stereocenters. The van der Waals surface area contributed by atoms with E-state index in [4.69, 9.17) is 0 Å². The van der Waals surface area contributed by atoms with Gasteiger partial charge in [0.05, 0.1) is 0 Å². The molecular formula is C11H16N2O4S. The highest BCUT2D eigenvalue weighted by molar-refractivity contribution is 7.89. The molecule has 0 aliphatic heterocycles. The maximum atomic E-state index is 11.8. The minimum atomic E-state index is -3.78. The number of benzene rings is 1. The number of phenolic OH excluding ortho intramolecular Hbond substituents is 1. The highest BCUT2D eigenvalue weighted by Crippen LogP contribution is 2.20. The molecule has 0 heterocycles. The Balaban J connectivity index is 2.67. The molecular weight excluding hydrogens is 256 g/mol. The van der Waals surface area contributed by atoms with Crippen molar-refractivity contribution in [1.82, 2.24) is 9.62 Å². The number of rotatable bonds is 5. The van der Waals surface area contributed by atoms with E-state index >= 15 is 0 Å². The van der Waals surface area contributed by atoms with Crippen LogP contribution in [-0.2, 0) is 14.8 Å².